The zero-order valence-corrected chi connectivity index (χ0v) is 18.6. The lowest BCUT2D eigenvalue weighted by molar-refractivity contribution is -0.385. The Morgan fingerprint density at radius 1 is 1.24 bits per heavy atom. The first kappa shape index (κ1) is 23.7. The van der Waals surface area contributed by atoms with Crippen LogP contribution in [-0.2, 0) is 25.5 Å². The third-order valence-electron chi connectivity index (χ3n) is 5.46. The number of nitro benzene ring substituents is 1. The number of hydrogen-bond acceptors (Lipinski definition) is 7. The van der Waals surface area contributed by atoms with Gasteiger partial charge in [-0.2, -0.15) is 0 Å². The number of nitrogens with zero attached hydrogens (tertiary/aromatic N) is 2. The van der Waals surface area contributed by atoms with Crippen molar-refractivity contribution in [3.63, 3.8) is 0 Å². The molecule has 10 heteroatoms. The van der Waals surface area contributed by atoms with Crippen molar-refractivity contribution in [3.8, 4) is 5.75 Å². The maximum atomic E-state index is 12.4. The third kappa shape index (κ3) is 5.46. The molecule has 0 spiro atoms. The number of carbonyl (C=O) groups excluding carboxylic acids is 3. The van der Waals surface area contributed by atoms with E-state index in [1.807, 2.05) is 31.2 Å². The summed E-state index contributed by atoms with van der Waals surface area (Å²) in [6, 6.07) is 10.2. The summed E-state index contributed by atoms with van der Waals surface area (Å²) in [4.78, 5) is 49.1. The van der Waals surface area contributed by atoms with Gasteiger partial charge in [0.25, 0.3) is 5.91 Å². The van der Waals surface area contributed by atoms with E-state index in [0.717, 1.165) is 12.0 Å². The maximum absolute atomic E-state index is 12.4. The lowest BCUT2D eigenvalue weighted by Crippen LogP contribution is -2.28. The van der Waals surface area contributed by atoms with Crippen LogP contribution >= 0.6 is 0 Å². The number of ether oxygens (including phenoxy) is 2. The second kappa shape index (κ2) is 10.1. The van der Waals surface area contributed by atoms with Gasteiger partial charge in [0.1, 0.15) is 0 Å². The predicted molar refractivity (Wildman–Crippen MR) is 120 cm³/mol. The van der Waals surface area contributed by atoms with Crippen LogP contribution < -0.4 is 15.0 Å². The van der Waals surface area contributed by atoms with Gasteiger partial charge in [-0.05, 0) is 36.6 Å². The smallest absolute Gasteiger partial charge is 0.311 e. The molecule has 2 aromatic carbocycles. The Bertz CT molecular complexity index is 1080. The van der Waals surface area contributed by atoms with E-state index in [1.54, 1.807) is 6.92 Å². The number of nitrogens with one attached hydrogen (secondary N) is 1. The van der Waals surface area contributed by atoms with Gasteiger partial charge in [0, 0.05) is 36.5 Å². The van der Waals surface area contributed by atoms with Gasteiger partial charge in [-0.3, -0.25) is 24.5 Å². The first-order valence-electron chi connectivity index (χ1n) is 10.4. The van der Waals surface area contributed by atoms with Crippen molar-refractivity contribution in [3.05, 3.63) is 57.6 Å². The number of methoxy groups -OCH3 is 1. The third-order valence-corrected chi connectivity index (χ3v) is 5.46. The van der Waals surface area contributed by atoms with Crippen LogP contribution in [-0.4, -0.2) is 43.0 Å². The van der Waals surface area contributed by atoms with E-state index in [1.165, 1.54) is 24.1 Å². The van der Waals surface area contributed by atoms with Crippen molar-refractivity contribution in [1.29, 1.82) is 0 Å². The highest BCUT2D eigenvalue weighted by atomic mass is 16.6. The second-order valence-electron chi connectivity index (χ2n) is 7.68. The fraction of sp³-hybridized carbons (Fsp3) is 0.348. The molecule has 0 saturated carbocycles. The molecule has 174 valence electrons. The zero-order chi connectivity index (χ0) is 24.1. The van der Waals surface area contributed by atoms with Crippen molar-refractivity contribution in [2.75, 3.05) is 30.5 Å². The molecule has 2 amide bonds. The molecule has 1 aliphatic heterocycles. The van der Waals surface area contributed by atoms with Crippen LogP contribution in [0.1, 0.15) is 24.5 Å². The molecule has 0 radical (unpaired) electrons. The highest BCUT2D eigenvalue weighted by molar-refractivity contribution is 6.00. The zero-order valence-electron chi connectivity index (χ0n) is 18.6. The molecule has 0 unspecified atom stereocenters. The number of anilines is 2. The highest BCUT2D eigenvalue weighted by Gasteiger charge is 2.36. The molecule has 10 nitrogen and oxygen atoms in total. The quantitative estimate of drug-likeness (QED) is 0.368. The number of aryl methyl sites for hydroxylation is 2. The fourth-order valence-corrected chi connectivity index (χ4v) is 3.58. The van der Waals surface area contributed by atoms with Gasteiger partial charge in [-0.1, -0.05) is 19.1 Å². The minimum absolute atomic E-state index is 0.00516. The largest absolute Gasteiger partial charge is 0.490 e. The van der Waals surface area contributed by atoms with E-state index in [0.29, 0.717) is 16.9 Å². The molecule has 1 saturated heterocycles. The van der Waals surface area contributed by atoms with E-state index >= 15 is 0 Å². The summed E-state index contributed by atoms with van der Waals surface area (Å²) in [5, 5.41) is 13.6. The van der Waals surface area contributed by atoms with Gasteiger partial charge in [-0.25, -0.2) is 0 Å². The van der Waals surface area contributed by atoms with Crippen LogP contribution in [0.4, 0.5) is 17.1 Å². The highest BCUT2D eigenvalue weighted by Crippen LogP contribution is 2.32. The molecular weight excluding hydrogens is 430 g/mol. The average Bonchev–Trinajstić information content (AvgIpc) is 3.20. The first-order chi connectivity index (χ1) is 15.7. The van der Waals surface area contributed by atoms with Gasteiger partial charge in [0.15, 0.2) is 12.4 Å². The van der Waals surface area contributed by atoms with Crippen LogP contribution in [0.5, 0.6) is 5.75 Å². The van der Waals surface area contributed by atoms with Gasteiger partial charge in [0.2, 0.25) is 5.91 Å². The van der Waals surface area contributed by atoms with E-state index in [2.05, 4.69) is 5.32 Å². The summed E-state index contributed by atoms with van der Waals surface area (Å²) >= 11 is 0. The number of nitro groups is 1. The summed E-state index contributed by atoms with van der Waals surface area (Å²) in [6.45, 7) is 3.27. The minimum atomic E-state index is -0.669. The molecule has 1 aliphatic rings. The number of hydrogen-bond donors (Lipinski definition) is 1. The Balaban J connectivity index is 1.57. The van der Waals surface area contributed by atoms with Gasteiger partial charge in [-0.15, -0.1) is 0 Å². The Hall–Kier alpha value is -3.95. The summed E-state index contributed by atoms with van der Waals surface area (Å²) < 4.78 is 10.1. The van der Waals surface area contributed by atoms with Crippen molar-refractivity contribution in [1.82, 2.24) is 0 Å². The molecule has 33 heavy (non-hydrogen) atoms. The average molecular weight is 455 g/mol. The lowest BCUT2D eigenvalue weighted by Gasteiger charge is -2.17. The number of amides is 2. The topological polar surface area (TPSA) is 128 Å². The normalized spacial score (nSPS) is 15.3. The number of rotatable bonds is 8. The Morgan fingerprint density at radius 3 is 2.55 bits per heavy atom. The van der Waals surface area contributed by atoms with Crippen LogP contribution in [0.2, 0.25) is 0 Å². The number of benzene rings is 2. The maximum Gasteiger partial charge on any atom is 0.311 e. The molecule has 1 atom stereocenters. The molecule has 0 aromatic heterocycles. The van der Waals surface area contributed by atoms with Crippen molar-refractivity contribution in [2.45, 2.75) is 26.7 Å². The summed E-state index contributed by atoms with van der Waals surface area (Å²) in [5.41, 5.74) is 2.39. The summed E-state index contributed by atoms with van der Waals surface area (Å²) in [6.07, 6.45) is 0.895. The number of esters is 1. The van der Waals surface area contributed by atoms with E-state index < -0.39 is 29.3 Å². The minimum Gasteiger partial charge on any atom is -0.490 e. The van der Waals surface area contributed by atoms with Crippen LogP contribution in [0.15, 0.2) is 36.4 Å². The second-order valence-corrected chi connectivity index (χ2v) is 7.68. The summed E-state index contributed by atoms with van der Waals surface area (Å²) in [7, 11) is 1.29. The molecule has 3 rings (SSSR count). The first-order valence-corrected chi connectivity index (χ1v) is 10.4. The van der Waals surface area contributed by atoms with Gasteiger partial charge < -0.3 is 19.7 Å². The molecule has 1 heterocycles. The van der Waals surface area contributed by atoms with Crippen molar-refractivity contribution in [2.24, 2.45) is 5.92 Å². The van der Waals surface area contributed by atoms with Crippen LogP contribution in [0.25, 0.3) is 0 Å². The Morgan fingerprint density at radius 2 is 1.94 bits per heavy atom. The number of carbonyl (C=O) groups is 3. The van der Waals surface area contributed by atoms with E-state index in [9.17, 15) is 24.5 Å². The van der Waals surface area contributed by atoms with Crippen LogP contribution in [0, 0.1) is 23.0 Å². The lowest BCUT2D eigenvalue weighted by atomic mass is 10.1. The molecular formula is C23H25N3O7. The van der Waals surface area contributed by atoms with E-state index in [-0.39, 0.29) is 30.3 Å². The molecule has 1 fully saturated rings. The van der Waals surface area contributed by atoms with Crippen LogP contribution in [0.3, 0.4) is 0 Å². The van der Waals surface area contributed by atoms with Crippen molar-refractivity contribution < 1.29 is 28.8 Å². The predicted octanol–water partition coefficient (Wildman–Crippen LogP) is 3.01. The monoisotopic (exact) mass is 455 g/mol. The Labute approximate surface area is 190 Å². The fourth-order valence-electron chi connectivity index (χ4n) is 3.58. The van der Waals surface area contributed by atoms with Gasteiger partial charge in [0.05, 0.1) is 18.0 Å². The van der Waals surface area contributed by atoms with Crippen molar-refractivity contribution >= 4 is 34.8 Å². The Kier molecular flexibility index (Phi) is 7.27. The molecule has 1 N–H and O–H groups in total. The van der Waals surface area contributed by atoms with E-state index in [4.69, 9.17) is 9.47 Å². The standard InChI is InChI=1S/C23H25N3O7/c1-4-15-5-7-17(8-6-15)25-12-16(10-22(25)28)23(29)33-13-21(27)24-18-11-20(32-3)19(26(30)31)9-14(18)2/h5-9,11,16H,4,10,12-13H2,1-3H3,(H,24,27)/t16-/m1/s1. The SMILES string of the molecule is CCc1ccc(N2C[C@H](C(=O)OCC(=O)Nc3cc(OC)c([N+](=O)[O-])cc3C)CC2=O)cc1. The van der Waals surface area contributed by atoms with Gasteiger partial charge >= 0.3 is 11.7 Å². The molecule has 2 aromatic rings. The molecule has 0 aliphatic carbocycles. The summed E-state index contributed by atoms with van der Waals surface area (Å²) in [5.74, 6) is -2.10. The molecule has 0 bridgehead atoms.